The first-order valence-electron chi connectivity index (χ1n) is 8.20. The number of Topliss-reactive ketones (excluding diaryl/α,β-unsaturated/α-hetero) is 1. The molecule has 0 spiro atoms. The van der Waals surface area contributed by atoms with E-state index in [-0.39, 0.29) is 6.61 Å². The lowest BCUT2D eigenvalue weighted by Gasteiger charge is -2.33. The molecule has 1 aromatic rings. The summed E-state index contributed by atoms with van der Waals surface area (Å²) < 4.78 is 11.3. The zero-order valence-electron chi connectivity index (χ0n) is 15.1. The van der Waals surface area contributed by atoms with E-state index in [0.717, 1.165) is 13.5 Å². The van der Waals surface area contributed by atoms with Crippen molar-refractivity contribution in [2.75, 3.05) is 13.7 Å². The molecular weight excluding hydrogens is 310 g/mol. The Hall–Kier alpha value is -2.11. The van der Waals surface area contributed by atoms with Crippen molar-refractivity contribution in [3.8, 4) is 0 Å². The van der Waals surface area contributed by atoms with Crippen molar-refractivity contribution in [1.82, 2.24) is 4.57 Å². The summed E-state index contributed by atoms with van der Waals surface area (Å²) in [4.78, 5) is 37.4. The van der Waals surface area contributed by atoms with Gasteiger partial charge in [0.25, 0.3) is 0 Å². The maximum Gasteiger partial charge on any atom is 0.328 e. The molecule has 0 radical (unpaired) electrons. The number of rotatable bonds is 9. The summed E-state index contributed by atoms with van der Waals surface area (Å²) in [7, 11) is 1.16. The lowest BCUT2D eigenvalue weighted by molar-refractivity contribution is -0.165. The summed E-state index contributed by atoms with van der Waals surface area (Å²) in [5.74, 6) is -3.45. The van der Waals surface area contributed by atoms with Crippen LogP contribution in [0.2, 0.25) is 0 Å². The molecule has 0 aliphatic carbocycles. The van der Waals surface area contributed by atoms with E-state index in [1.165, 1.54) is 0 Å². The number of hydrogen-bond acceptors (Lipinski definition) is 5. The van der Waals surface area contributed by atoms with E-state index in [1.807, 2.05) is 0 Å². The molecule has 1 rings (SSSR count). The van der Waals surface area contributed by atoms with Crippen LogP contribution in [-0.4, -0.2) is 36.0 Å². The van der Waals surface area contributed by atoms with E-state index in [9.17, 15) is 14.4 Å². The predicted molar refractivity (Wildman–Crippen MR) is 89.3 cm³/mol. The zero-order valence-corrected chi connectivity index (χ0v) is 15.1. The van der Waals surface area contributed by atoms with Gasteiger partial charge in [0, 0.05) is 12.4 Å². The van der Waals surface area contributed by atoms with Crippen molar-refractivity contribution < 1.29 is 23.9 Å². The highest BCUT2D eigenvalue weighted by atomic mass is 16.5. The van der Waals surface area contributed by atoms with Crippen LogP contribution in [-0.2, 0) is 29.4 Å². The number of esters is 2. The van der Waals surface area contributed by atoms with Crippen molar-refractivity contribution in [1.29, 1.82) is 0 Å². The first kappa shape index (κ1) is 19.9. The average molecular weight is 337 g/mol. The maximum absolute atomic E-state index is 13.2. The molecule has 0 fully saturated rings. The number of nitrogens with zero attached hydrogens (tertiary/aromatic N) is 1. The standard InChI is InChI=1S/C18H27NO5/c1-6-24-17(22)14(16(21)23-5)15(20)18(4,10-9-13(2)3)19-11-7-8-12-19/h7-8,11-14H,6,9-10H2,1-5H3. The van der Waals surface area contributed by atoms with Crippen LogP contribution in [0.4, 0.5) is 0 Å². The molecule has 134 valence electrons. The molecule has 24 heavy (non-hydrogen) atoms. The third kappa shape index (κ3) is 4.46. The van der Waals surface area contributed by atoms with Gasteiger partial charge in [-0.25, -0.2) is 0 Å². The Kier molecular flexibility index (Phi) is 7.19. The second-order valence-corrected chi connectivity index (χ2v) is 6.37. The normalized spacial score (nSPS) is 14.8. The Labute approximate surface area is 143 Å². The summed E-state index contributed by atoms with van der Waals surface area (Å²) >= 11 is 0. The number of methoxy groups -OCH3 is 1. The minimum absolute atomic E-state index is 0.0891. The minimum Gasteiger partial charge on any atom is -0.468 e. The van der Waals surface area contributed by atoms with Crippen molar-refractivity contribution >= 4 is 17.7 Å². The topological polar surface area (TPSA) is 74.6 Å². The minimum atomic E-state index is -1.57. The molecule has 0 saturated carbocycles. The van der Waals surface area contributed by atoms with Gasteiger partial charge in [-0.1, -0.05) is 13.8 Å². The molecule has 2 unspecified atom stereocenters. The first-order chi connectivity index (χ1) is 11.3. The lowest BCUT2D eigenvalue weighted by atomic mass is 9.81. The number of hydrogen-bond donors (Lipinski definition) is 0. The molecule has 2 atom stereocenters. The summed E-state index contributed by atoms with van der Waals surface area (Å²) in [5, 5.41) is 0. The maximum atomic E-state index is 13.2. The molecular formula is C18H27NO5. The Morgan fingerprint density at radius 1 is 1.12 bits per heavy atom. The Morgan fingerprint density at radius 2 is 1.71 bits per heavy atom. The van der Waals surface area contributed by atoms with Crippen molar-refractivity contribution in [3.05, 3.63) is 24.5 Å². The van der Waals surface area contributed by atoms with Gasteiger partial charge in [-0.3, -0.25) is 14.4 Å². The molecule has 0 N–H and O–H groups in total. The second kappa shape index (κ2) is 8.66. The third-order valence-corrected chi connectivity index (χ3v) is 4.14. The zero-order chi connectivity index (χ0) is 18.3. The van der Waals surface area contributed by atoms with E-state index >= 15 is 0 Å². The third-order valence-electron chi connectivity index (χ3n) is 4.14. The molecule has 0 aliphatic heterocycles. The van der Waals surface area contributed by atoms with E-state index in [4.69, 9.17) is 4.74 Å². The average Bonchev–Trinajstić information content (AvgIpc) is 3.07. The van der Waals surface area contributed by atoms with Crippen LogP contribution in [0.3, 0.4) is 0 Å². The van der Waals surface area contributed by atoms with Crippen LogP contribution in [0.5, 0.6) is 0 Å². The van der Waals surface area contributed by atoms with Gasteiger partial charge in [0.05, 0.1) is 13.7 Å². The van der Waals surface area contributed by atoms with Crippen molar-refractivity contribution in [2.24, 2.45) is 11.8 Å². The van der Waals surface area contributed by atoms with Crippen LogP contribution in [0.1, 0.15) is 40.5 Å². The fraction of sp³-hybridized carbons (Fsp3) is 0.611. The molecule has 6 heteroatoms. The number of aromatic nitrogens is 1. The van der Waals surface area contributed by atoms with Crippen LogP contribution < -0.4 is 0 Å². The van der Waals surface area contributed by atoms with Gasteiger partial charge in [-0.05, 0) is 44.7 Å². The number of ether oxygens (including phenoxy) is 2. The first-order valence-corrected chi connectivity index (χ1v) is 8.20. The molecule has 0 aliphatic rings. The molecule has 1 heterocycles. The van der Waals surface area contributed by atoms with Gasteiger partial charge in [-0.15, -0.1) is 0 Å². The van der Waals surface area contributed by atoms with Gasteiger partial charge in [0.1, 0.15) is 5.54 Å². The number of ketones is 1. The monoisotopic (exact) mass is 337 g/mol. The lowest BCUT2D eigenvalue weighted by Crippen LogP contribution is -2.48. The highest BCUT2D eigenvalue weighted by molar-refractivity contribution is 6.17. The van der Waals surface area contributed by atoms with Gasteiger partial charge in [-0.2, -0.15) is 0 Å². The van der Waals surface area contributed by atoms with Crippen molar-refractivity contribution in [3.63, 3.8) is 0 Å². The quantitative estimate of drug-likeness (QED) is 0.511. The molecule has 0 bridgehead atoms. The molecule has 1 aromatic heterocycles. The summed E-state index contributed by atoms with van der Waals surface area (Å²) in [6.45, 7) is 7.58. The van der Waals surface area contributed by atoms with Gasteiger partial charge in [0.2, 0.25) is 5.92 Å². The summed E-state index contributed by atoms with van der Waals surface area (Å²) in [6.07, 6.45) is 4.80. The Balaban J connectivity index is 3.25. The van der Waals surface area contributed by atoms with Gasteiger partial charge >= 0.3 is 11.9 Å². The Morgan fingerprint density at radius 3 is 2.17 bits per heavy atom. The fourth-order valence-electron chi connectivity index (χ4n) is 2.58. The number of carbonyl (C=O) groups excluding carboxylic acids is 3. The van der Waals surface area contributed by atoms with E-state index in [2.05, 4.69) is 18.6 Å². The largest absolute Gasteiger partial charge is 0.468 e. The van der Waals surface area contributed by atoms with E-state index < -0.39 is 29.2 Å². The predicted octanol–water partition coefficient (Wildman–Crippen LogP) is 2.56. The number of carbonyl (C=O) groups is 3. The highest BCUT2D eigenvalue weighted by Gasteiger charge is 2.47. The smallest absolute Gasteiger partial charge is 0.328 e. The molecule has 0 amide bonds. The summed E-state index contributed by atoms with van der Waals surface area (Å²) in [6, 6.07) is 3.61. The fourth-order valence-corrected chi connectivity index (χ4v) is 2.58. The van der Waals surface area contributed by atoms with Crippen LogP contribution in [0, 0.1) is 11.8 Å². The van der Waals surface area contributed by atoms with Gasteiger partial charge < -0.3 is 14.0 Å². The SMILES string of the molecule is CCOC(=O)C(C(=O)OC)C(=O)C(C)(CCC(C)C)n1cccc1. The summed E-state index contributed by atoms with van der Waals surface area (Å²) in [5.41, 5.74) is -1.03. The van der Waals surface area contributed by atoms with Crippen LogP contribution >= 0.6 is 0 Å². The van der Waals surface area contributed by atoms with Gasteiger partial charge in [0.15, 0.2) is 5.78 Å². The second-order valence-electron chi connectivity index (χ2n) is 6.37. The molecule has 6 nitrogen and oxygen atoms in total. The van der Waals surface area contributed by atoms with Crippen molar-refractivity contribution in [2.45, 2.75) is 46.1 Å². The van der Waals surface area contributed by atoms with Crippen LogP contribution in [0.25, 0.3) is 0 Å². The Bertz CT molecular complexity index is 564. The molecule has 0 aromatic carbocycles. The van der Waals surface area contributed by atoms with E-state index in [1.54, 1.807) is 42.9 Å². The highest BCUT2D eigenvalue weighted by Crippen LogP contribution is 2.30. The van der Waals surface area contributed by atoms with E-state index in [0.29, 0.717) is 12.3 Å². The van der Waals surface area contributed by atoms with Crippen LogP contribution in [0.15, 0.2) is 24.5 Å². The molecule has 0 saturated heterocycles.